The first-order valence-electron chi connectivity index (χ1n) is 5.25. The average molecular weight is 196 g/mol. The smallest absolute Gasteiger partial charge is 0.123 e. The molecule has 74 valence electrons. The molecule has 3 rings (SSSR count). The van der Waals surface area contributed by atoms with Crippen LogP contribution < -0.4 is 4.74 Å². The molecule has 15 heavy (non-hydrogen) atoms. The molecular formula is C14H12O. The lowest BCUT2D eigenvalue weighted by atomic mass is 9.98. The molecule has 0 saturated carbocycles. The maximum absolute atomic E-state index is 5.56. The summed E-state index contributed by atoms with van der Waals surface area (Å²) in [5.41, 5.74) is 3.94. The predicted molar refractivity (Wildman–Crippen MR) is 61.1 cm³/mol. The second-order valence-corrected chi connectivity index (χ2v) is 3.75. The van der Waals surface area contributed by atoms with E-state index in [4.69, 9.17) is 4.74 Å². The first-order chi connectivity index (χ1) is 7.45. The van der Waals surface area contributed by atoms with Crippen LogP contribution in [0, 0.1) is 0 Å². The quantitative estimate of drug-likeness (QED) is 0.680. The monoisotopic (exact) mass is 196 g/mol. The molecule has 1 aliphatic rings. The summed E-state index contributed by atoms with van der Waals surface area (Å²) in [4.78, 5) is 0. The molecule has 0 saturated heterocycles. The van der Waals surface area contributed by atoms with Crippen LogP contribution in [0.4, 0.5) is 0 Å². The molecule has 2 aromatic rings. The Morgan fingerprint density at radius 1 is 0.867 bits per heavy atom. The lowest BCUT2D eigenvalue weighted by Gasteiger charge is -2.06. The van der Waals surface area contributed by atoms with Gasteiger partial charge in [-0.3, -0.25) is 0 Å². The Kier molecular flexibility index (Phi) is 1.95. The lowest BCUT2D eigenvalue weighted by Crippen LogP contribution is -1.86. The second-order valence-electron chi connectivity index (χ2n) is 3.75. The van der Waals surface area contributed by atoms with Crippen LogP contribution in [0.2, 0.25) is 0 Å². The highest BCUT2D eigenvalue weighted by molar-refractivity contribution is 5.70. The molecule has 0 N–H and O–H groups in total. The van der Waals surface area contributed by atoms with Crippen molar-refractivity contribution in [2.75, 3.05) is 6.61 Å². The topological polar surface area (TPSA) is 9.23 Å². The summed E-state index contributed by atoms with van der Waals surface area (Å²) in [6, 6.07) is 16.8. The maximum Gasteiger partial charge on any atom is 0.123 e. The number of hydrogen-bond acceptors (Lipinski definition) is 1. The van der Waals surface area contributed by atoms with Gasteiger partial charge in [-0.15, -0.1) is 0 Å². The summed E-state index contributed by atoms with van der Waals surface area (Å²) >= 11 is 0. The minimum absolute atomic E-state index is 0.819. The molecular weight excluding hydrogens is 184 g/mol. The van der Waals surface area contributed by atoms with Gasteiger partial charge in [0.2, 0.25) is 0 Å². The summed E-state index contributed by atoms with van der Waals surface area (Å²) < 4.78 is 5.56. The Morgan fingerprint density at radius 2 is 1.73 bits per heavy atom. The minimum atomic E-state index is 0.819. The largest absolute Gasteiger partial charge is 0.493 e. The molecule has 1 heteroatoms. The van der Waals surface area contributed by atoms with Crippen molar-refractivity contribution < 1.29 is 4.74 Å². The van der Waals surface area contributed by atoms with E-state index in [9.17, 15) is 0 Å². The van der Waals surface area contributed by atoms with E-state index in [2.05, 4.69) is 42.5 Å². The summed E-state index contributed by atoms with van der Waals surface area (Å²) in [6.45, 7) is 0.819. The van der Waals surface area contributed by atoms with Gasteiger partial charge in [0.25, 0.3) is 0 Å². The number of hydrogen-bond donors (Lipinski definition) is 0. The molecule has 0 fully saturated rings. The summed E-state index contributed by atoms with van der Waals surface area (Å²) in [6.07, 6.45) is 1.03. The van der Waals surface area contributed by atoms with Crippen LogP contribution in [-0.2, 0) is 6.42 Å². The predicted octanol–water partition coefficient (Wildman–Crippen LogP) is 3.29. The van der Waals surface area contributed by atoms with Gasteiger partial charge in [-0.25, -0.2) is 0 Å². The molecule has 0 amide bonds. The van der Waals surface area contributed by atoms with Crippen molar-refractivity contribution >= 4 is 0 Å². The van der Waals surface area contributed by atoms with E-state index in [0.717, 1.165) is 18.8 Å². The Hall–Kier alpha value is -1.76. The van der Waals surface area contributed by atoms with E-state index in [1.54, 1.807) is 0 Å². The minimum Gasteiger partial charge on any atom is -0.493 e. The second kappa shape index (κ2) is 3.43. The molecule has 1 heterocycles. The molecule has 0 bridgehead atoms. The molecule has 0 unspecified atom stereocenters. The zero-order chi connectivity index (χ0) is 10.1. The third kappa shape index (κ3) is 1.40. The van der Waals surface area contributed by atoms with Crippen molar-refractivity contribution in [2.45, 2.75) is 6.42 Å². The first-order valence-corrected chi connectivity index (χ1v) is 5.25. The number of benzene rings is 2. The normalized spacial score (nSPS) is 13.3. The van der Waals surface area contributed by atoms with E-state index in [-0.39, 0.29) is 0 Å². The van der Waals surface area contributed by atoms with Crippen LogP contribution in [0.1, 0.15) is 5.56 Å². The average Bonchev–Trinajstić information content (AvgIpc) is 2.78. The fourth-order valence-corrected chi connectivity index (χ4v) is 2.11. The molecule has 0 aliphatic carbocycles. The fraction of sp³-hybridized carbons (Fsp3) is 0.143. The van der Waals surface area contributed by atoms with Gasteiger partial charge in [0.05, 0.1) is 6.61 Å². The zero-order valence-corrected chi connectivity index (χ0v) is 8.44. The highest BCUT2D eigenvalue weighted by atomic mass is 16.5. The van der Waals surface area contributed by atoms with Crippen LogP contribution in [0.3, 0.4) is 0 Å². The van der Waals surface area contributed by atoms with Gasteiger partial charge in [-0.2, -0.15) is 0 Å². The molecule has 0 atom stereocenters. The van der Waals surface area contributed by atoms with E-state index in [1.807, 2.05) is 6.07 Å². The van der Waals surface area contributed by atoms with Crippen molar-refractivity contribution in [3.05, 3.63) is 54.1 Å². The fourth-order valence-electron chi connectivity index (χ4n) is 2.11. The van der Waals surface area contributed by atoms with Crippen molar-refractivity contribution in [1.29, 1.82) is 0 Å². The highest BCUT2D eigenvalue weighted by Crippen LogP contribution is 2.34. The molecule has 0 spiro atoms. The molecule has 0 aromatic heterocycles. The van der Waals surface area contributed by atoms with Crippen LogP contribution in [0.15, 0.2) is 48.5 Å². The van der Waals surface area contributed by atoms with Crippen LogP contribution in [-0.4, -0.2) is 6.61 Å². The standard InChI is InChI=1S/C14H12O/c1-2-5-11(6-3-1)12-7-4-8-14-13(12)9-10-15-14/h1-8H,9-10H2. The van der Waals surface area contributed by atoms with Crippen molar-refractivity contribution in [1.82, 2.24) is 0 Å². The van der Waals surface area contributed by atoms with Crippen molar-refractivity contribution in [3.63, 3.8) is 0 Å². The molecule has 2 aromatic carbocycles. The summed E-state index contributed by atoms with van der Waals surface area (Å²) in [7, 11) is 0. The van der Waals surface area contributed by atoms with Gasteiger partial charge in [-0.1, -0.05) is 42.5 Å². The lowest BCUT2D eigenvalue weighted by molar-refractivity contribution is 0.357. The maximum atomic E-state index is 5.56. The van der Waals surface area contributed by atoms with Gasteiger partial charge in [0.1, 0.15) is 5.75 Å². The molecule has 1 aliphatic heterocycles. The van der Waals surface area contributed by atoms with Crippen molar-refractivity contribution in [2.24, 2.45) is 0 Å². The Bertz CT molecular complexity index is 474. The Balaban J connectivity index is 2.17. The van der Waals surface area contributed by atoms with E-state index in [0.29, 0.717) is 0 Å². The highest BCUT2D eigenvalue weighted by Gasteiger charge is 2.15. The molecule has 0 radical (unpaired) electrons. The third-order valence-corrected chi connectivity index (χ3v) is 2.83. The van der Waals surface area contributed by atoms with Gasteiger partial charge < -0.3 is 4.74 Å². The van der Waals surface area contributed by atoms with Crippen LogP contribution in [0.25, 0.3) is 11.1 Å². The number of rotatable bonds is 1. The molecule has 1 nitrogen and oxygen atoms in total. The number of ether oxygens (including phenoxy) is 1. The third-order valence-electron chi connectivity index (χ3n) is 2.83. The van der Waals surface area contributed by atoms with Gasteiger partial charge in [0.15, 0.2) is 0 Å². The van der Waals surface area contributed by atoms with E-state index in [1.165, 1.54) is 16.7 Å². The van der Waals surface area contributed by atoms with Crippen LogP contribution >= 0.6 is 0 Å². The Morgan fingerprint density at radius 3 is 2.60 bits per heavy atom. The van der Waals surface area contributed by atoms with Gasteiger partial charge in [-0.05, 0) is 17.2 Å². The Labute approximate surface area is 89.3 Å². The van der Waals surface area contributed by atoms with Gasteiger partial charge >= 0.3 is 0 Å². The summed E-state index contributed by atoms with van der Waals surface area (Å²) in [5.74, 6) is 1.05. The number of fused-ring (bicyclic) bond motifs is 1. The zero-order valence-electron chi connectivity index (χ0n) is 8.44. The first kappa shape index (κ1) is 8.54. The van der Waals surface area contributed by atoms with Crippen molar-refractivity contribution in [3.8, 4) is 16.9 Å². The van der Waals surface area contributed by atoms with E-state index < -0.39 is 0 Å². The summed E-state index contributed by atoms with van der Waals surface area (Å²) in [5, 5.41) is 0. The SMILES string of the molecule is c1ccc(-c2cccc3c2CCO3)cc1. The van der Waals surface area contributed by atoms with Crippen LogP contribution in [0.5, 0.6) is 5.75 Å². The van der Waals surface area contributed by atoms with Gasteiger partial charge in [0, 0.05) is 12.0 Å². The van der Waals surface area contributed by atoms with E-state index >= 15 is 0 Å².